The van der Waals surface area contributed by atoms with Gasteiger partial charge in [-0.15, -0.1) is 0 Å². The van der Waals surface area contributed by atoms with Crippen LogP contribution in [0.4, 0.5) is 0 Å². The highest BCUT2D eigenvalue weighted by atomic mass is 79.9. The third-order valence-electron chi connectivity index (χ3n) is 1.57. The molecule has 1 aromatic rings. The van der Waals surface area contributed by atoms with Gasteiger partial charge >= 0.3 is 5.97 Å². The molecule has 0 fully saturated rings. The Morgan fingerprint density at radius 2 is 2.17 bits per heavy atom. The second kappa shape index (κ2) is 2.79. The van der Waals surface area contributed by atoms with Gasteiger partial charge in [0.2, 0.25) is 6.79 Å². The molecule has 4 heteroatoms. The first-order valence-corrected chi connectivity index (χ1v) is 4.16. The van der Waals surface area contributed by atoms with Crippen LogP contribution in [0.5, 0.6) is 5.75 Å². The number of ether oxygens (including phenoxy) is 2. The molecule has 62 valence electrons. The standard InChI is InChI=1S/C8H5BrO3/c9-5-1-2-7-6(3-5)8(10)12-4-11-7/h1-3H,4H2. The predicted molar refractivity (Wildman–Crippen MR) is 45.1 cm³/mol. The van der Waals surface area contributed by atoms with Crippen molar-refractivity contribution in [1.82, 2.24) is 0 Å². The molecule has 0 N–H and O–H groups in total. The van der Waals surface area contributed by atoms with Gasteiger partial charge in [0.05, 0.1) is 0 Å². The zero-order valence-electron chi connectivity index (χ0n) is 6.04. The Hall–Kier alpha value is -1.03. The zero-order valence-corrected chi connectivity index (χ0v) is 7.63. The van der Waals surface area contributed by atoms with Gasteiger partial charge in [-0.05, 0) is 18.2 Å². The number of carbonyl (C=O) groups is 1. The molecule has 0 spiro atoms. The van der Waals surface area contributed by atoms with Gasteiger partial charge in [0, 0.05) is 4.47 Å². The van der Waals surface area contributed by atoms with Gasteiger partial charge < -0.3 is 9.47 Å². The lowest BCUT2D eigenvalue weighted by atomic mass is 10.2. The van der Waals surface area contributed by atoms with Gasteiger partial charge in [0.25, 0.3) is 0 Å². The first kappa shape index (κ1) is 7.61. The van der Waals surface area contributed by atoms with E-state index in [2.05, 4.69) is 20.7 Å². The highest BCUT2D eigenvalue weighted by Crippen LogP contribution is 2.26. The lowest BCUT2D eigenvalue weighted by molar-refractivity contribution is 0.00489. The van der Waals surface area contributed by atoms with Crippen LogP contribution in [0.1, 0.15) is 10.4 Å². The molecule has 0 atom stereocenters. The van der Waals surface area contributed by atoms with Crippen LogP contribution in [-0.4, -0.2) is 12.8 Å². The van der Waals surface area contributed by atoms with Crippen LogP contribution in [0.25, 0.3) is 0 Å². The molecular weight excluding hydrogens is 224 g/mol. The van der Waals surface area contributed by atoms with Crippen LogP contribution in [-0.2, 0) is 4.74 Å². The van der Waals surface area contributed by atoms with Crippen molar-refractivity contribution in [3.05, 3.63) is 28.2 Å². The summed E-state index contributed by atoms with van der Waals surface area (Å²) in [7, 11) is 0. The van der Waals surface area contributed by atoms with E-state index >= 15 is 0 Å². The molecule has 0 amide bonds. The lowest BCUT2D eigenvalue weighted by Crippen LogP contribution is -2.18. The quantitative estimate of drug-likeness (QED) is 0.638. The Balaban J connectivity index is 2.54. The van der Waals surface area contributed by atoms with E-state index in [1.54, 1.807) is 12.1 Å². The average Bonchev–Trinajstić information content (AvgIpc) is 2.07. The normalized spacial score (nSPS) is 14.6. The number of esters is 1. The molecule has 0 radical (unpaired) electrons. The molecule has 1 heterocycles. The molecule has 0 saturated carbocycles. The molecule has 1 aliphatic rings. The number of hydrogen-bond acceptors (Lipinski definition) is 3. The topological polar surface area (TPSA) is 35.5 Å². The highest BCUT2D eigenvalue weighted by molar-refractivity contribution is 9.10. The van der Waals surface area contributed by atoms with Crippen LogP contribution >= 0.6 is 15.9 Å². The van der Waals surface area contributed by atoms with Crippen molar-refractivity contribution in [2.75, 3.05) is 6.79 Å². The second-order valence-corrected chi connectivity index (χ2v) is 3.25. The van der Waals surface area contributed by atoms with Crippen LogP contribution in [0.3, 0.4) is 0 Å². The zero-order chi connectivity index (χ0) is 8.55. The molecule has 2 rings (SSSR count). The molecule has 0 aliphatic carbocycles. The lowest BCUT2D eigenvalue weighted by Gasteiger charge is -2.16. The Labute approximate surface area is 77.4 Å². The number of fused-ring (bicyclic) bond motifs is 1. The van der Waals surface area contributed by atoms with Crippen molar-refractivity contribution < 1.29 is 14.3 Å². The molecule has 0 bridgehead atoms. The minimum atomic E-state index is -0.336. The van der Waals surface area contributed by atoms with Crippen LogP contribution in [0, 0.1) is 0 Å². The molecule has 12 heavy (non-hydrogen) atoms. The number of benzene rings is 1. The van der Waals surface area contributed by atoms with Gasteiger partial charge in [-0.25, -0.2) is 4.79 Å². The summed E-state index contributed by atoms with van der Waals surface area (Å²) in [6.07, 6.45) is 0. The summed E-state index contributed by atoms with van der Waals surface area (Å²) in [5.74, 6) is 0.243. The molecule has 3 nitrogen and oxygen atoms in total. The largest absolute Gasteiger partial charge is 0.456 e. The fourth-order valence-corrected chi connectivity index (χ4v) is 1.37. The van der Waals surface area contributed by atoms with E-state index in [0.717, 1.165) is 4.47 Å². The van der Waals surface area contributed by atoms with Crippen LogP contribution in [0.2, 0.25) is 0 Å². The van der Waals surface area contributed by atoms with E-state index < -0.39 is 0 Å². The first-order valence-electron chi connectivity index (χ1n) is 3.37. The minimum absolute atomic E-state index is 0.00741. The molecule has 0 aromatic heterocycles. The Bertz CT molecular complexity index is 335. The Morgan fingerprint density at radius 1 is 1.33 bits per heavy atom. The van der Waals surface area contributed by atoms with E-state index in [9.17, 15) is 4.79 Å². The van der Waals surface area contributed by atoms with Crippen molar-refractivity contribution in [1.29, 1.82) is 0 Å². The van der Waals surface area contributed by atoms with Gasteiger partial charge in [-0.3, -0.25) is 0 Å². The molecule has 0 saturated heterocycles. The van der Waals surface area contributed by atoms with Crippen molar-refractivity contribution >= 4 is 21.9 Å². The molecule has 0 unspecified atom stereocenters. The Morgan fingerprint density at radius 3 is 3.00 bits per heavy atom. The maximum atomic E-state index is 11.1. The molecular formula is C8H5BrO3. The average molecular weight is 229 g/mol. The van der Waals surface area contributed by atoms with Crippen molar-refractivity contribution in [2.45, 2.75) is 0 Å². The van der Waals surface area contributed by atoms with Gasteiger partial charge in [0.1, 0.15) is 11.3 Å². The third kappa shape index (κ3) is 1.18. The van der Waals surface area contributed by atoms with Crippen LogP contribution in [0.15, 0.2) is 22.7 Å². The van der Waals surface area contributed by atoms with Crippen LogP contribution < -0.4 is 4.74 Å². The molecule has 1 aromatic carbocycles. The van der Waals surface area contributed by atoms with Gasteiger partial charge in [-0.2, -0.15) is 0 Å². The third-order valence-corrected chi connectivity index (χ3v) is 2.06. The fraction of sp³-hybridized carbons (Fsp3) is 0.125. The van der Waals surface area contributed by atoms with E-state index in [1.165, 1.54) is 0 Å². The summed E-state index contributed by atoms with van der Waals surface area (Å²) >= 11 is 3.25. The predicted octanol–water partition coefficient (Wildman–Crippen LogP) is 1.96. The molecule has 1 aliphatic heterocycles. The smallest absolute Gasteiger partial charge is 0.344 e. The van der Waals surface area contributed by atoms with E-state index in [-0.39, 0.29) is 12.8 Å². The summed E-state index contributed by atoms with van der Waals surface area (Å²) in [4.78, 5) is 11.1. The Kier molecular flexibility index (Phi) is 1.77. The summed E-state index contributed by atoms with van der Waals surface area (Å²) in [6, 6.07) is 5.23. The van der Waals surface area contributed by atoms with Gasteiger partial charge in [-0.1, -0.05) is 15.9 Å². The SMILES string of the molecule is O=C1OCOc2ccc(Br)cc21. The maximum absolute atomic E-state index is 11.1. The number of cyclic esters (lactones) is 1. The van der Waals surface area contributed by atoms with Gasteiger partial charge in [0.15, 0.2) is 0 Å². The number of halogens is 1. The number of carbonyl (C=O) groups excluding carboxylic acids is 1. The van der Waals surface area contributed by atoms with Crippen molar-refractivity contribution in [2.24, 2.45) is 0 Å². The second-order valence-electron chi connectivity index (χ2n) is 2.33. The van der Waals surface area contributed by atoms with Crippen molar-refractivity contribution in [3.8, 4) is 5.75 Å². The van der Waals surface area contributed by atoms with E-state index in [0.29, 0.717) is 11.3 Å². The summed E-state index contributed by atoms with van der Waals surface area (Å²) in [6.45, 7) is 0.00741. The number of hydrogen-bond donors (Lipinski definition) is 0. The maximum Gasteiger partial charge on any atom is 0.344 e. The first-order chi connectivity index (χ1) is 5.77. The summed E-state index contributed by atoms with van der Waals surface area (Å²) in [5, 5.41) is 0. The van der Waals surface area contributed by atoms with E-state index in [4.69, 9.17) is 4.74 Å². The monoisotopic (exact) mass is 228 g/mol. The summed E-state index contributed by atoms with van der Waals surface area (Å²) < 4.78 is 10.6. The van der Waals surface area contributed by atoms with E-state index in [1.807, 2.05) is 6.07 Å². The minimum Gasteiger partial charge on any atom is -0.456 e. The highest BCUT2D eigenvalue weighted by Gasteiger charge is 2.19. The summed E-state index contributed by atoms with van der Waals surface area (Å²) in [5.41, 5.74) is 0.468. The fourth-order valence-electron chi connectivity index (χ4n) is 1.01. The van der Waals surface area contributed by atoms with Crippen molar-refractivity contribution in [3.63, 3.8) is 0 Å². The number of rotatable bonds is 0.